The van der Waals surface area contributed by atoms with E-state index in [0.717, 1.165) is 12.8 Å². The molecule has 0 bridgehead atoms. The molecule has 0 spiro atoms. The normalized spacial score (nSPS) is 16.5. The molecular weight excluding hydrogens is 206 g/mol. The van der Waals surface area contributed by atoms with Gasteiger partial charge < -0.3 is 10.4 Å². The Balaban J connectivity index is 2.01. The van der Waals surface area contributed by atoms with E-state index in [0.29, 0.717) is 5.56 Å². The van der Waals surface area contributed by atoms with Crippen LogP contribution >= 0.6 is 0 Å². The lowest BCUT2D eigenvalue weighted by molar-refractivity contribution is -0.137. The van der Waals surface area contributed by atoms with Gasteiger partial charge in [-0.25, -0.2) is 0 Å². The van der Waals surface area contributed by atoms with Crippen molar-refractivity contribution in [2.75, 3.05) is 0 Å². The first-order valence-electron chi connectivity index (χ1n) is 5.21. The SMILES string of the molecule is O=C(O)CC1(NC(=O)c2ccccc2)CC1. The summed E-state index contributed by atoms with van der Waals surface area (Å²) in [6.45, 7) is 0. The highest BCUT2D eigenvalue weighted by Gasteiger charge is 2.45. The molecule has 1 aliphatic carbocycles. The van der Waals surface area contributed by atoms with E-state index in [1.54, 1.807) is 24.3 Å². The Kier molecular flexibility index (Phi) is 2.64. The molecule has 1 amide bonds. The highest BCUT2D eigenvalue weighted by atomic mass is 16.4. The molecule has 16 heavy (non-hydrogen) atoms. The zero-order chi connectivity index (χ0) is 11.6. The van der Waals surface area contributed by atoms with E-state index >= 15 is 0 Å². The fourth-order valence-electron chi connectivity index (χ4n) is 1.69. The molecule has 1 aromatic carbocycles. The number of carboxylic acids is 1. The lowest BCUT2D eigenvalue weighted by atomic mass is 10.1. The lowest BCUT2D eigenvalue weighted by Crippen LogP contribution is -2.38. The Morgan fingerprint density at radius 3 is 2.38 bits per heavy atom. The second-order valence-corrected chi connectivity index (χ2v) is 4.17. The van der Waals surface area contributed by atoms with Gasteiger partial charge in [-0.2, -0.15) is 0 Å². The van der Waals surface area contributed by atoms with Gasteiger partial charge in [0.1, 0.15) is 0 Å². The zero-order valence-electron chi connectivity index (χ0n) is 8.77. The number of rotatable bonds is 4. The van der Waals surface area contributed by atoms with Crippen molar-refractivity contribution in [1.82, 2.24) is 5.32 Å². The van der Waals surface area contributed by atoms with Crippen molar-refractivity contribution in [1.29, 1.82) is 0 Å². The van der Waals surface area contributed by atoms with Gasteiger partial charge in [-0.05, 0) is 25.0 Å². The smallest absolute Gasteiger partial charge is 0.305 e. The fraction of sp³-hybridized carbons (Fsp3) is 0.333. The Hall–Kier alpha value is -1.84. The Bertz CT molecular complexity index is 410. The van der Waals surface area contributed by atoms with Crippen LogP contribution in [-0.4, -0.2) is 22.5 Å². The average Bonchev–Trinajstić information content (AvgIpc) is 2.98. The number of hydrogen-bond acceptors (Lipinski definition) is 2. The predicted octanol–water partition coefficient (Wildman–Crippen LogP) is 1.42. The van der Waals surface area contributed by atoms with Crippen molar-refractivity contribution in [3.63, 3.8) is 0 Å². The molecule has 0 aromatic heterocycles. The summed E-state index contributed by atoms with van der Waals surface area (Å²) in [5.74, 6) is -1.06. The Labute approximate surface area is 93.3 Å². The van der Waals surface area contributed by atoms with Crippen LogP contribution in [0.3, 0.4) is 0 Å². The summed E-state index contributed by atoms with van der Waals surface area (Å²) in [7, 11) is 0. The van der Waals surface area contributed by atoms with Gasteiger partial charge in [-0.1, -0.05) is 18.2 Å². The number of hydrogen-bond donors (Lipinski definition) is 2. The van der Waals surface area contributed by atoms with Gasteiger partial charge in [-0.3, -0.25) is 9.59 Å². The van der Waals surface area contributed by atoms with Gasteiger partial charge in [-0.15, -0.1) is 0 Å². The number of carbonyl (C=O) groups excluding carboxylic acids is 1. The van der Waals surface area contributed by atoms with Gasteiger partial charge in [0, 0.05) is 5.56 Å². The quantitative estimate of drug-likeness (QED) is 0.804. The molecule has 0 saturated heterocycles. The van der Waals surface area contributed by atoms with Crippen LogP contribution in [0.4, 0.5) is 0 Å². The monoisotopic (exact) mass is 219 g/mol. The first kappa shape index (κ1) is 10.7. The van der Waals surface area contributed by atoms with E-state index in [-0.39, 0.29) is 12.3 Å². The van der Waals surface area contributed by atoms with Crippen LogP contribution in [0.15, 0.2) is 30.3 Å². The van der Waals surface area contributed by atoms with Gasteiger partial charge >= 0.3 is 5.97 Å². The van der Waals surface area contributed by atoms with E-state index in [9.17, 15) is 9.59 Å². The molecule has 0 heterocycles. The summed E-state index contributed by atoms with van der Waals surface area (Å²) >= 11 is 0. The molecule has 0 atom stereocenters. The summed E-state index contributed by atoms with van der Waals surface area (Å²) in [4.78, 5) is 22.4. The standard InChI is InChI=1S/C12H13NO3/c14-10(15)8-12(6-7-12)13-11(16)9-4-2-1-3-5-9/h1-5H,6-8H2,(H,13,16)(H,14,15). The molecule has 4 nitrogen and oxygen atoms in total. The maximum atomic E-state index is 11.8. The van der Waals surface area contributed by atoms with Crippen molar-refractivity contribution in [3.8, 4) is 0 Å². The summed E-state index contributed by atoms with van der Waals surface area (Å²) < 4.78 is 0. The van der Waals surface area contributed by atoms with Crippen molar-refractivity contribution >= 4 is 11.9 Å². The van der Waals surface area contributed by atoms with E-state index in [4.69, 9.17) is 5.11 Å². The average molecular weight is 219 g/mol. The number of carbonyl (C=O) groups is 2. The summed E-state index contributed by atoms with van der Waals surface area (Å²) in [5, 5.41) is 11.5. The number of aliphatic carboxylic acids is 1. The molecule has 0 radical (unpaired) electrons. The molecule has 84 valence electrons. The topological polar surface area (TPSA) is 66.4 Å². The van der Waals surface area contributed by atoms with E-state index < -0.39 is 11.5 Å². The molecule has 2 rings (SSSR count). The van der Waals surface area contributed by atoms with Crippen molar-refractivity contribution in [2.45, 2.75) is 24.8 Å². The molecular formula is C12H13NO3. The van der Waals surface area contributed by atoms with Crippen LogP contribution in [0.2, 0.25) is 0 Å². The molecule has 1 aromatic rings. The minimum atomic E-state index is -0.870. The van der Waals surface area contributed by atoms with Crippen LogP contribution < -0.4 is 5.32 Å². The Morgan fingerprint density at radius 2 is 1.88 bits per heavy atom. The fourth-order valence-corrected chi connectivity index (χ4v) is 1.69. The highest BCUT2D eigenvalue weighted by molar-refractivity contribution is 5.95. The van der Waals surface area contributed by atoms with Crippen LogP contribution in [0.5, 0.6) is 0 Å². The van der Waals surface area contributed by atoms with E-state index in [1.165, 1.54) is 0 Å². The van der Waals surface area contributed by atoms with Crippen LogP contribution in [-0.2, 0) is 4.79 Å². The first-order chi connectivity index (χ1) is 7.61. The summed E-state index contributed by atoms with van der Waals surface area (Å²) in [6.07, 6.45) is 1.50. The number of nitrogens with one attached hydrogen (secondary N) is 1. The number of carboxylic acid groups (broad SMARTS) is 1. The Morgan fingerprint density at radius 1 is 1.25 bits per heavy atom. The van der Waals surface area contributed by atoms with Crippen LogP contribution in [0.1, 0.15) is 29.6 Å². The number of amides is 1. The minimum Gasteiger partial charge on any atom is -0.481 e. The maximum absolute atomic E-state index is 11.8. The van der Waals surface area contributed by atoms with Crippen molar-refractivity contribution in [3.05, 3.63) is 35.9 Å². The molecule has 1 saturated carbocycles. The summed E-state index contributed by atoms with van der Waals surface area (Å²) in [5.41, 5.74) is 0.0674. The molecule has 4 heteroatoms. The maximum Gasteiger partial charge on any atom is 0.305 e. The van der Waals surface area contributed by atoms with Gasteiger partial charge in [0.25, 0.3) is 5.91 Å². The minimum absolute atomic E-state index is 0.00553. The largest absolute Gasteiger partial charge is 0.481 e. The van der Waals surface area contributed by atoms with Gasteiger partial charge in [0.05, 0.1) is 12.0 Å². The van der Waals surface area contributed by atoms with Crippen LogP contribution in [0, 0.1) is 0 Å². The predicted molar refractivity (Wildman–Crippen MR) is 58.1 cm³/mol. The molecule has 0 aliphatic heterocycles. The summed E-state index contributed by atoms with van der Waals surface area (Å²) in [6, 6.07) is 8.83. The first-order valence-corrected chi connectivity index (χ1v) is 5.21. The molecule has 1 fully saturated rings. The molecule has 0 unspecified atom stereocenters. The van der Waals surface area contributed by atoms with Gasteiger partial charge in [0.15, 0.2) is 0 Å². The van der Waals surface area contributed by atoms with Gasteiger partial charge in [0.2, 0.25) is 0 Å². The van der Waals surface area contributed by atoms with Crippen molar-refractivity contribution in [2.24, 2.45) is 0 Å². The second kappa shape index (κ2) is 3.96. The van der Waals surface area contributed by atoms with Crippen LogP contribution in [0.25, 0.3) is 0 Å². The van der Waals surface area contributed by atoms with E-state index in [2.05, 4.69) is 5.32 Å². The number of benzene rings is 1. The lowest BCUT2D eigenvalue weighted by Gasteiger charge is -2.14. The third-order valence-corrected chi connectivity index (χ3v) is 2.76. The van der Waals surface area contributed by atoms with Crippen molar-refractivity contribution < 1.29 is 14.7 Å². The molecule has 1 aliphatic rings. The third-order valence-electron chi connectivity index (χ3n) is 2.76. The second-order valence-electron chi connectivity index (χ2n) is 4.17. The third kappa shape index (κ3) is 2.39. The molecule has 2 N–H and O–H groups in total. The van der Waals surface area contributed by atoms with E-state index in [1.807, 2.05) is 6.07 Å². The zero-order valence-corrected chi connectivity index (χ0v) is 8.77. The highest BCUT2D eigenvalue weighted by Crippen LogP contribution is 2.38.